The van der Waals surface area contributed by atoms with Crippen LogP contribution in [0.1, 0.15) is 69.8 Å². The molecule has 0 unspecified atom stereocenters. The number of hydrogen-bond acceptors (Lipinski definition) is 2. The molecule has 0 heterocycles. The van der Waals surface area contributed by atoms with Crippen LogP contribution in [0.3, 0.4) is 0 Å². The Balaban J connectivity index is 1.45. The molecule has 1 aromatic carbocycles. The molecule has 2 saturated carbocycles. The fourth-order valence-electron chi connectivity index (χ4n) is 4.71. The van der Waals surface area contributed by atoms with Gasteiger partial charge in [-0.2, -0.15) is 0 Å². The van der Waals surface area contributed by atoms with Gasteiger partial charge in [-0.3, -0.25) is 0 Å². The van der Waals surface area contributed by atoms with Gasteiger partial charge < -0.3 is 4.74 Å². The van der Waals surface area contributed by atoms with E-state index in [0.717, 1.165) is 55.9 Å². The van der Waals surface area contributed by atoms with E-state index < -0.39 is 0 Å². The number of allylic oxidation sites excluding steroid dienone is 1. The van der Waals surface area contributed by atoms with Gasteiger partial charge in [0.15, 0.2) is 0 Å². The van der Waals surface area contributed by atoms with Crippen LogP contribution in [0.2, 0.25) is 5.02 Å². The number of carbonyl (C=O) groups excluding carboxylic acids is 1. The molecule has 26 heavy (non-hydrogen) atoms. The van der Waals surface area contributed by atoms with E-state index >= 15 is 0 Å². The third kappa shape index (κ3) is 4.88. The SMILES string of the molecule is CC=CC(=O)OC1CCC(C2CCC(c3ccc(Cl)c(F)c3)CC2)CC1. The molecule has 2 aliphatic rings. The lowest BCUT2D eigenvalue weighted by Gasteiger charge is -2.37. The van der Waals surface area contributed by atoms with Crippen molar-refractivity contribution < 1.29 is 13.9 Å². The van der Waals surface area contributed by atoms with Gasteiger partial charge in [-0.25, -0.2) is 9.18 Å². The highest BCUT2D eigenvalue weighted by Gasteiger charge is 2.32. The Labute approximate surface area is 160 Å². The van der Waals surface area contributed by atoms with Crippen LogP contribution in [0.25, 0.3) is 0 Å². The first-order valence-electron chi connectivity index (χ1n) is 9.85. The molecule has 1 aromatic rings. The van der Waals surface area contributed by atoms with Gasteiger partial charge in [0.2, 0.25) is 0 Å². The summed E-state index contributed by atoms with van der Waals surface area (Å²) in [5.41, 5.74) is 1.09. The number of ether oxygens (including phenoxy) is 1. The molecule has 4 heteroatoms. The average molecular weight is 379 g/mol. The number of halogens is 2. The maximum absolute atomic E-state index is 13.7. The Bertz CT molecular complexity index is 642. The van der Waals surface area contributed by atoms with Crippen molar-refractivity contribution in [2.24, 2.45) is 11.8 Å². The van der Waals surface area contributed by atoms with E-state index in [1.165, 1.54) is 18.9 Å². The number of benzene rings is 1. The maximum atomic E-state index is 13.7. The molecule has 142 valence electrons. The molecule has 0 aromatic heterocycles. The monoisotopic (exact) mass is 378 g/mol. The van der Waals surface area contributed by atoms with E-state index in [4.69, 9.17) is 16.3 Å². The fraction of sp³-hybridized carbons (Fsp3) is 0.591. The van der Waals surface area contributed by atoms with Gasteiger partial charge in [-0.05, 0) is 93.7 Å². The molecular formula is C22H28ClFO2. The number of carbonyl (C=O) groups is 1. The predicted molar refractivity (Wildman–Crippen MR) is 103 cm³/mol. The summed E-state index contributed by atoms with van der Waals surface area (Å²) < 4.78 is 19.2. The molecule has 3 rings (SSSR count). The Morgan fingerprint density at radius 2 is 1.69 bits per heavy atom. The molecule has 2 fully saturated rings. The highest BCUT2D eigenvalue weighted by Crippen LogP contribution is 2.43. The van der Waals surface area contributed by atoms with Gasteiger partial charge in [-0.1, -0.05) is 23.7 Å². The zero-order valence-electron chi connectivity index (χ0n) is 15.4. The van der Waals surface area contributed by atoms with Crippen molar-refractivity contribution >= 4 is 17.6 Å². The number of rotatable bonds is 4. The van der Waals surface area contributed by atoms with Crippen LogP contribution >= 0.6 is 11.6 Å². The normalized spacial score (nSPS) is 29.7. The summed E-state index contributed by atoms with van der Waals surface area (Å²) in [6, 6.07) is 5.26. The Kier molecular flexibility index (Phi) is 6.74. The molecule has 0 amide bonds. The van der Waals surface area contributed by atoms with Crippen LogP contribution in [-0.4, -0.2) is 12.1 Å². The fourth-order valence-corrected chi connectivity index (χ4v) is 4.83. The van der Waals surface area contributed by atoms with Crippen molar-refractivity contribution in [1.29, 1.82) is 0 Å². The molecule has 0 aliphatic heterocycles. The summed E-state index contributed by atoms with van der Waals surface area (Å²) in [4.78, 5) is 11.6. The first-order chi connectivity index (χ1) is 12.6. The first kappa shape index (κ1) is 19.4. The molecular weight excluding hydrogens is 351 g/mol. The second-order valence-corrected chi connectivity index (χ2v) is 8.17. The highest BCUT2D eigenvalue weighted by atomic mass is 35.5. The van der Waals surface area contributed by atoms with Crippen molar-refractivity contribution in [3.63, 3.8) is 0 Å². The zero-order chi connectivity index (χ0) is 18.5. The van der Waals surface area contributed by atoms with Crippen LogP contribution in [0, 0.1) is 17.7 Å². The zero-order valence-corrected chi connectivity index (χ0v) is 16.2. The largest absolute Gasteiger partial charge is 0.459 e. The average Bonchev–Trinajstić information content (AvgIpc) is 2.65. The van der Waals surface area contributed by atoms with Crippen LogP contribution < -0.4 is 0 Å². The second-order valence-electron chi connectivity index (χ2n) is 7.76. The summed E-state index contributed by atoms with van der Waals surface area (Å²) in [5, 5.41) is 0.203. The summed E-state index contributed by atoms with van der Waals surface area (Å²) in [7, 11) is 0. The Hall–Kier alpha value is -1.35. The van der Waals surface area contributed by atoms with Crippen LogP contribution in [0.5, 0.6) is 0 Å². The van der Waals surface area contributed by atoms with E-state index in [2.05, 4.69) is 0 Å². The van der Waals surface area contributed by atoms with Crippen molar-refractivity contribution in [2.45, 2.75) is 70.3 Å². The molecule has 0 N–H and O–H groups in total. The standard InChI is InChI=1S/C22H28ClFO2/c1-2-3-22(25)26-19-11-8-16(9-12-19)15-4-6-17(7-5-15)18-10-13-20(23)21(24)14-18/h2-3,10,13-17,19H,4-9,11-12H2,1H3. The number of esters is 1. The Morgan fingerprint density at radius 3 is 2.27 bits per heavy atom. The van der Waals surface area contributed by atoms with Crippen molar-refractivity contribution in [3.05, 3.63) is 46.8 Å². The van der Waals surface area contributed by atoms with Gasteiger partial charge in [0, 0.05) is 6.08 Å². The van der Waals surface area contributed by atoms with Gasteiger partial charge in [0.25, 0.3) is 0 Å². The summed E-state index contributed by atoms with van der Waals surface area (Å²) in [6.07, 6.45) is 12.2. The summed E-state index contributed by atoms with van der Waals surface area (Å²) >= 11 is 5.80. The van der Waals surface area contributed by atoms with Crippen molar-refractivity contribution in [3.8, 4) is 0 Å². The smallest absolute Gasteiger partial charge is 0.330 e. The molecule has 2 nitrogen and oxygen atoms in total. The topological polar surface area (TPSA) is 26.3 Å². The minimum Gasteiger partial charge on any atom is -0.459 e. The predicted octanol–water partition coefficient (Wildman–Crippen LogP) is 6.43. The molecule has 0 bridgehead atoms. The second kappa shape index (κ2) is 9.03. The van der Waals surface area contributed by atoms with Crippen LogP contribution in [-0.2, 0) is 9.53 Å². The molecule has 0 radical (unpaired) electrons. The molecule has 0 spiro atoms. The molecule has 0 saturated heterocycles. The van der Waals surface area contributed by atoms with E-state index in [0.29, 0.717) is 5.92 Å². The number of hydrogen-bond donors (Lipinski definition) is 0. The van der Waals surface area contributed by atoms with Crippen LogP contribution in [0.4, 0.5) is 4.39 Å². The van der Waals surface area contributed by atoms with E-state index in [-0.39, 0.29) is 22.9 Å². The first-order valence-corrected chi connectivity index (χ1v) is 10.2. The highest BCUT2D eigenvalue weighted by molar-refractivity contribution is 6.30. The summed E-state index contributed by atoms with van der Waals surface area (Å²) in [6.45, 7) is 1.83. The lowest BCUT2D eigenvalue weighted by atomic mass is 9.69. The van der Waals surface area contributed by atoms with Crippen LogP contribution in [0.15, 0.2) is 30.4 Å². The minimum atomic E-state index is -0.308. The summed E-state index contributed by atoms with van der Waals surface area (Å²) in [5.74, 6) is 1.44. The van der Waals surface area contributed by atoms with Crippen molar-refractivity contribution in [2.75, 3.05) is 0 Å². The lowest BCUT2D eigenvalue weighted by Crippen LogP contribution is -2.29. The third-order valence-electron chi connectivity index (χ3n) is 6.16. The maximum Gasteiger partial charge on any atom is 0.330 e. The molecule has 2 aliphatic carbocycles. The minimum absolute atomic E-state index is 0.0864. The molecule has 0 atom stereocenters. The quantitative estimate of drug-likeness (QED) is 0.445. The van der Waals surface area contributed by atoms with E-state index in [1.807, 2.05) is 13.0 Å². The van der Waals surface area contributed by atoms with E-state index in [1.54, 1.807) is 18.2 Å². The Morgan fingerprint density at radius 1 is 1.08 bits per heavy atom. The third-order valence-corrected chi connectivity index (χ3v) is 6.46. The van der Waals surface area contributed by atoms with Gasteiger partial charge in [0.05, 0.1) is 5.02 Å². The van der Waals surface area contributed by atoms with E-state index in [9.17, 15) is 9.18 Å². The lowest BCUT2D eigenvalue weighted by molar-refractivity contribution is -0.145. The van der Waals surface area contributed by atoms with Crippen molar-refractivity contribution in [1.82, 2.24) is 0 Å². The van der Waals surface area contributed by atoms with Gasteiger partial charge >= 0.3 is 5.97 Å². The van der Waals surface area contributed by atoms with Gasteiger partial charge in [0.1, 0.15) is 11.9 Å². The van der Waals surface area contributed by atoms with Gasteiger partial charge in [-0.15, -0.1) is 0 Å².